The Balaban J connectivity index is 1.58. The zero-order valence-electron chi connectivity index (χ0n) is 17.2. The number of nitrogens with one attached hydrogen (secondary N) is 1. The topological polar surface area (TPSA) is 50.7 Å². The predicted octanol–water partition coefficient (Wildman–Crippen LogP) is 6.35. The van der Waals surface area contributed by atoms with E-state index < -0.39 is 0 Å². The molecule has 3 aromatic rings. The van der Waals surface area contributed by atoms with Crippen LogP contribution in [0.15, 0.2) is 77.8 Å². The second-order valence-electron chi connectivity index (χ2n) is 8.12. The number of fused-ring (bicyclic) bond motifs is 2. The number of para-hydroxylation sites is 2. The van der Waals surface area contributed by atoms with Crippen LogP contribution in [0.1, 0.15) is 35.9 Å². The van der Waals surface area contributed by atoms with Crippen LogP contribution in [0.25, 0.3) is 0 Å². The Labute approximate surface area is 186 Å². The monoisotopic (exact) mass is 430 g/mol. The molecule has 1 fully saturated rings. The average Bonchev–Trinajstić information content (AvgIpc) is 2.96. The summed E-state index contributed by atoms with van der Waals surface area (Å²) >= 11 is 6.07. The number of halogens is 1. The summed E-state index contributed by atoms with van der Waals surface area (Å²) in [6.45, 7) is 0. The van der Waals surface area contributed by atoms with Gasteiger partial charge in [0.25, 0.3) is 0 Å². The Kier molecular flexibility index (Phi) is 5.24. The standard InChI is InChI=1S/C26H23ClN2O2/c1-31-20-6-4-5-17(13-20)26-25-23(28-21-7-2-3-8-22(21)29-26)14-18(15-24(25)30)16-9-11-19(27)12-10-16/h2-13,18,25-26,29H,14-15H2,1H3. The van der Waals surface area contributed by atoms with Gasteiger partial charge in [0.15, 0.2) is 0 Å². The van der Waals surface area contributed by atoms with Crippen molar-refractivity contribution in [2.75, 3.05) is 12.4 Å². The molecule has 2 aliphatic rings. The number of hydrogen-bond donors (Lipinski definition) is 1. The Morgan fingerprint density at radius 2 is 1.77 bits per heavy atom. The summed E-state index contributed by atoms with van der Waals surface area (Å²) in [6, 6.07) is 23.5. The Hall–Kier alpha value is -3.11. The van der Waals surface area contributed by atoms with Gasteiger partial charge in [-0.3, -0.25) is 9.79 Å². The van der Waals surface area contributed by atoms with E-state index in [0.717, 1.165) is 40.4 Å². The van der Waals surface area contributed by atoms with Gasteiger partial charge < -0.3 is 10.1 Å². The normalized spacial score (nSPS) is 22.5. The van der Waals surface area contributed by atoms with E-state index >= 15 is 0 Å². The number of ketones is 1. The molecule has 0 saturated heterocycles. The summed E-state index contributed by atoms with van der Waals surface area (Å²) in [5.41, 5.74) is 4.89. The van der Waals surface area contributed by atoms with E-state index in [9.17, 15) is 4.79 Å². The van der Waals surface area contributed by atoms with Crippen molar-refractivity contribution in [1.82, 2.24) is 0 Å². The van der Waals surface area contributed by atoms with Crippen LogP contribution in [0.4, 0.5) is 11.4 Å². The summed E-state index contributed by atoms with van der Waals surface area (Å²) in [7, 11) is 1.66. The van der Waals surface area contributed by atoms with Gasteiger partial charge >= 0.3 is 0 Å². The van der Waals surface area contributed by atoms with Gasteiger partial charge in [0.05, 0.1) is 30.4 Å². The zero-order chi connectivity index (χ0) is 21.4. The van der Waals surface area contributed by atoms with Crippen LogP contribution in [0, 0.1) is 5.92 Å². The van der Waals surface area contributed by atoms with Crippen LogP contribution in [-0.4, -0.2) is 18.6 Å². The van der Waals surface area contributed by atoms with E-state index in [1.807, 2.05) is 72.8 Å². The molecule has 3 aromatic carbocycles. The largest absolute Gasteiger partial charge is 0.497 e. The number of carbonyl (C=O) groups excluding carboxylic acids is 1. The quantitative estimate of drug-likeness (QED) is 0.526. The van der Waals surface area contributed by atoms with Crippen LogP contribution in [-0.2, 0) is 4.79 Å². The highest BCUT2D eigenvalue weighted by Gasteiger charge is 2.41. The molecular weight excluding hydrogens is 408 g/mol. The highest BCUT2D eigenvalue weighted by Crippen LogP contribution is 2.44. The molecule has 0 spiro atoms. The van der Waals surface area contributed by atoms with Gasteiger partial charge in [-0.1, -0.05) is 48.0 Å². The van der Waals surface area contributed by atoms with Gasteiger partial charge in [-0.15, -0.1) is 0 Å². The first-order valence-corrected chi connectivity index (χ1v) is 10.9. The lowest BCUT2D eigenvalue weighted by Gasteiger charge is -2.34. The molecule has 1 N–H and O–H groups in total. The Morgan fingerprint density at radius 3 is 2.58 bits per heavy atom. The van der Waals surface area contributed by atoms with Crippen molar-refractivity contribution in [3.63, 3.8) is 0 Å². The maximum absolute atomic E-state index is 13.5. The molecule has 3 atom stereocenters. The zero-order valence-corrected chi connectivity index (χ0v) is 18.0. The smallest absolute Gasteiger partial charge is 0.144 e. The predicted molar refractivity (Wildman–Crippen MR) is 125 cm³/mol. The molecule has 31 heavy (non-hydrogen) atoms. The van der Waals surface area contributed by atoms with Gasteiger partial charge in [0.1, 0.15) is 11.5 Å². The fourth-order valence-corrected chi connectivity index (χ4v) is 4.81. The number of carbonyl (C=O) groups is 1. The van der Waals surface area contributed by atoms with Gasteiger partial charge in [-0.05, 0) is 59.9 Å². The molecule has 3 unspecified atom stereocenters. The first-order valence-electron chi connectivity index (χ1n) is 10.5. The highest BCUT2D eigenvalue weighted by molar-refractivity contribution is 6.30. The third-order valence-electron chi connectivity index (χ3n) is 6.22. The molecule has 0 bridgehead atoms. The summed E-state index contributed by atoms with van der Waals surface area (Å²) in [6.07, 6.45) is 1.23. The maximum atomic E-state index is 13.5. The van der Waals surface area contributed by atoms with Crippen molar-refractivity contribution in [3.05, 3.63) is 88.9 Å². The third kappa shape index (κ3) is 3.84. The van der Waals surface area contributed by atoms with E-state index in [-0.39, 0.29) is 23.7 Å². The minimum atomic E-state index is -0.317. The minimum Gasteiger partial charge on any atom is -0.497 e. The van der Waals surface area contributed by atoms with Gasteiger partial charge in [-0.25, -0.2) is 0 Å². The van der Waals surface area contributed by atoms with Crippen LogP contribution in [0.5, 0.6) is 5.75 Å². The summed E-state index contributed by atoms with van der Waals surface area (Å²) in [5.74, 6) is 0.773. The van der Waals surface area contributed by atoms with E-state index in [1.165, 1.54) is 0 Å². The molecule has 0 aromatic heterocycles. The van der Waals surface area contributed by atoms with Gasteiger partial charge in [0.2, 0.25) is 0 Å². The molecule has 1 heterocycles. The van der Waals surface area contributed by atoms with Crippen LogP contribution in [0.3, 0.4) is 0 Å². The minimum absolute atomic E-state index is 0.107. The van der Waals surface area contributed by atoms with E-state index in [0.29, 0.717) is 11.4 Å². The molecule has 5 heteroatoms. The number of Topliss-reactive ketones (excluding diaryl/α,β-unsaturated/α-hetero) is 1. The Bertz CT molecular complexity index is 1160. The molecular formula is C26H23ClN2O2. The first kappa shape index (κ1) is 19.8. The van der Waals surface area contributed by atoms with Gasteiger partial charge in [-0.2, -0.15) is 0 Å². The number of anilines is 1. The number of benzene rings is 3. The molecule has 0 radical (unpaired) electrons. The summed E-state index contributed by atoms with van der Waals surface area (Å²) in [5, 5.41) is 4.31. The van der Waals surface area contributed by atoms with Crippen molar-refractivity contribution in [1.29, 1.82) is 0 Å². The van der Waals surface area contributed by atoms with E-state index in [1.54, 1.807) is 7.11 Å². The van der Waals surface area contributed by atoms with E-state index in [2.05, 4.69) is 5.32 Å². The molecule has 156 valence electrons. The van der Waals surface area contributed by atoms with Crippen molar-refractivity contribution >= 4 is 34.5 Å². The molecule has 1 aliphatic carbocycles. The summed E-state index contributed by atoms with van der Waals surface area (Å²) < 4.78 is 5.44. The lowest BCUT2D eigenvalue weighted by atomic mass is 9.72. The van der Waals surface area contributed by atoms with Crippen LogP contribution < -0.4 is 10.1 Å². The first-order chi connectivity index (χ1) is 15.1. The molecule has 4 nitrogen and oxygen atoms in total. The van der Waals surface area contributed by atoms with Gasteiger partial charge in [0, 0.05) is 17.2 Å². The molecule has 1 aliphatic heterocycles. The second-order valence-corrected chi connectivity index (χ2v) is 8.56. The molecule has 1 saturated carbocycles. The third-order valence-corrected chi connectivity index (χ3v) is 6.47. The van der Waals surface area contributed by atoms with Crippen molar-refractivity contribution in [2.45, 2.75) is 24.8 Å². The maximum Gasteiger partial charge on any atom is 0.144 e. The highest BCUT2D eigenvalue weighted by atomic mass is 35.5. The lowest BCUT2D eigenvalue weighted by molar-refractivity contribution is -0.122. The number of methoxy groups -OCH3 is 1. The van der Waals surface area contributed by atoms with Crippen molar-refractivity contribution in [2.24, 2.45) is 10.9 Å². The second kappa shape index (κ2) is 8.20. The lowest BCUT2D eigenvalue weighted by Crippen LogP contribution is -2.38. The average molecular weight is 431 g/mol. The summed E-state index contributed by atoms with van der Waals surface area (Å²) in [4.78, 5) is 18.5. The van der Waals surface area contributed by atoms with Crippen LogP contribution in [0.2, 0.25) is 5.02 Å². The fourth-order valence-electron chi connectivity index (χ4n) is 4.68. The number of rotatable bonds is 3. The number of nitrogens with zero attached hydrogens (tertiary/aromatic N) is 1. The Morgan fingerprint density at radius 1 is 0.968 bits per heavy atom. The van der Waals surface area contributed by atoms with Crippen LogP contribution >= 0.6 is 11.6 Å². The molecule has 0 amide bonds. The van der Waals surface area contributed by atoms with E-state index in [4.69, 9.17) is 21.3 Å². The number of ether oxygens (including phenoxy) is 1. The number of hydrogen-bond acceptors (Lipinski definition) is 4. The van der Waals surface area contributed by atoms with Crippen molar-refractivity contribution < 1.29 is 9.53 Å². The van der Waals surface area contributed by atoms with Crippen molar-refractivity contribution in [3.8, 4) is 5.75 Å². The molecule has 5 rings (SSSR count). The fraction of sp³-hybridized carbons (Fsp3) is 0.231. The SMILES string of the molecule is COc1cccc(C2Nc3ccccc3N=C3CC(c4ccc(Cl)cc4)CC(=O)C32)c1. The number of aliphatic imine (C=N–C) groups is 1.